The summed E-state index contributed by atoms with van der Waals surface area (Å²) in [4.78, 5) is 11.7. The Labute approximate surface area is 139 Å². The number of rotatable bonds is 7. The van der Waals surface area contributed by atoms with Crippen LogP contribution in [0.2, 0.25) is 0 Å². The number of hydrogen-bond donors (Lipinski definition) is 1. The molecule has 0 aliphatic rings. The van der Waals surface area contributed by atoms with Crippen molar-refractivity contribution in [2.45, 2.75) is 52.9 Å². The number of carbonyl (C=O) groups excluding carboxylic acids is 1. The van der Waals surface area contributed by atoms with Gasteiger partial charge in [0.1, 0.15) is 5.60 Å². The molecular formula is C19H29NO3. The zero-order valence-corrected chi connectivity index (χ0v) is 14.8. The molecule has 1 rings (SSSR count). The average molecular weight is 319 g/mol. The monoisotopic (exact) mass is 319 g/mol. The fourth-order valence-electron chi connectivity index (χ4n) is 1.89. The number of amides is 1. The van der Waals surface area contributed by atoms with Gasteiger partial charge in [0.05, 0.1) is 13.2 Å². The normalized spacial score (nSPS) is 14.5. The summed E-state index contributed by atoms with van der Waals surface area (Å²) in [5.74, 6) is 0.279. The first-order valence-electron chi connectivity index (χ1n) is 8.06. The van der Waals surface area contributed by atoms with Gasteiger partial charge in [0.15, 0.2) is 0 Å². The number of hydrogen-bond acceptors (Lipinski definition) is 3. The Morgan fingerprint density at radius 2 is 1.83 bits per heavy atom. The Kier molecular flexibility index (Phi) is 7.83. The molecule has 23 heavy (non-hydrogen) atoms. The summed E-state index contributed by atoms with van der Waals surface area (Å²) in [6.07, 6.45) is 3.61. The van der Waals surface area contributed by atoms with E-state index in [9.17, 15) is 4.79 Å². The largest absolute Gasteiger partial charge is 0.444 e. The van der Waals surface area contributed by atoms with E-state index in [1.165, 1.54) is 5.56 Å². The van der Waals surface area contributed by atoms with Gasteiger partial charge in [0.25, 0.3) is 0 Å². The number of nitrogens with one attached hydrogen (secondary N) is 1. The van der Waals surface area contributed by atoms with Crippen molar-refractivity contribution >= 4 is 6.09 Å². The third-order valence-electron chi connectivity index (χ3n) is 2.97. The first kappa shape index (κ1) is 19.2. The Morgan fingerprint density at radius 1 is 1.17 bits per heavy atom. The van der Waals surface area contributed by atoms with Crippen LogP contribution in [0.3, 0.4) is 0 Å². The predicted molar refractivity (Wildman–Crippen MR) is 93.2 cm³/mol. The lowest BCUT2D eigenvalue weighted by Gasteiger charge is -2.21. The Morgan fingerprint density at radius 3 is 2.43 bits per heavy atom. The van der Waals surface area contributed by atoms with Crippen molar-refractivity contribution in [1.29, 1.82) is 0 Å². The highest BCUT2D eigenvalue weighted by atomic mass is 16.6. The molecule has 1 N–H and O–H groups in total. The van der Waals surface area contributed by atoms with Crippen molar-refractivity contribution in [2.24, 2.45) is 5.92 Å². The van der Waals surface area contributed by atoms with Crippen molar-refractivity contribution in [1.82, 2.24) is 5.32 Å². The standard InChI is InChI=1S/C19H29NO3/c1-15(13-22-14-17-9-7-6-8-10-17)11-12-16(2)20-18(21)23-19(3,4)5/h6-12,15-16H,13-14H2,1-5H3,(H,20,21)/b12-11+/t15-,16+/m1/s1. The molecule has 2 atom stereocenters. The minimum absolute atomic E-state index is 0.0820. The van der Waals surface area contributed by atoms with E-state index in [0.29, 0.717) is 13.2 Å². The summed E-state index contributed by atoms with van der Waals surface area (Å²) in [6.45, 7) is 10.8. The molecule has 1 aromatic rings. The lowest BCUT2D eigenvalue weighted by atomic mass is 10.1. The fraction of sp³-hybridized carbons (Fsp3) is 0.526. The van der Waals surface area contributed by atoms with Gasteiger partial charge in [-0.1, -0.05) is 49.4 Å². The lowest BCUT2D eigenvalue weighted by molar-refractivity contribution is 0.0518. The van der Waals surface area contributed by atoms with Crippen molar-refractivity contribution in [3.05, 3.63) is 48.0 Å². The molecule has 0 bridgehead atoms. The molecule has 0 aromatic heterocycles. The minimum Gasteiger partial charge on any atom is -0.444 e. The van der Waals surface area contributed by atoms with Gasteiger partial charge in [-0.2, -0.15) is 0 Å². The number of benzene rings is 1. The number of alkyl carbamates (subject to hydrolysis) is 1. The van der Waals surface area contributed by atoms with Crippen LogP contribution in [-0.2, 0) is 16.1 Å². The van der Waals surface area contributed by atoms with E-state index in [1.807, 2.05) is 70.2 Å². The van der Waals surface area contributed by atoms with Gasteiger partial charge in [0, 0.05) is 6.04 Å². The molecule has 1 amide bonds. The summed E-state index contributed by atoms with van der Waals surface area (Å²) in [5.41, 5.74) is 0.690. The number of ether oxygens (including phenoxy) is 2. The summed E-state index contributed by atoms with van der Waals surface area (Å²) in [7, 11) is 0. The van der Waals surface area contributed by atoms with Gasteiger partial charge in [-0.25, -0.2) is 4.79 Å². The van der Waals surface area contributed by atoms with Crippen LogP contribution in [0.1, 0.15) is 40.2 Å². The van der Waals surface area contributed by atoms with Crippen molar-refractivity contribution in [2.75, 3.05) is 6.61 Å². The molecule has 0 aliphatic carbocycles. The summed E-state index contributed by atoms with van der Waals surface area (Å²) in [6, 6.07) is 10.0. The number of carbonyl (C=O) groups is 1. The molecular weight excluding hydrogens is 290 g/mol. The first-order valence-corrected chi connectivity index (χ1v) is 8.06. The quantitative estimate of drug-likeness (QED) is 0.762. The highest BCUT2D eigenvalue weighted by Crippen LogP contribution is 2.07. The highest BCUT2D eigenvalue weighted by molar-refractivity contribution is 5.68. The first-order chi connectivity index (χ1) is 10.8. The molecule has 0 heterocycles. The van der Waals surface area contributed by atoms with E-state index in [0.717, 1.165) is 0 Å². The SMILES string of the molecule is C[C@H](/C=C/[C@H](C)NC(=O)OC(C)(C)C)COCc1ccccc1. The van der Waals surface area contributed by atoms with Crippen LogP contribution in [0.5, 0.6) is 0 Å². The van der Waals surface area contributed by atoms with Crippen molar-refractivity contribution in [3.8, 4) is 0 Å². The topological polar surface area (TPSA) is 47.6 Å². The molecule has 1 aromatic carbocycles. The summed E-state index contributed by atoms with van der Waals surface area (Å²) >= 11 is 0. The van der Waals surface area contributed by atoms with E-state index in [4.69, 9.17) is 9.47 Å². The van der Waals surface area contributed by atoms with Gasteiger partial charge < -0.3 is 14.8 Å². The molecule has 128 valence electrons. The van der Waals surface area contributed by atoms with E-state index >= 15 is 0 Å². The zero-order chi connectivity index (χ0) is 17.3. The molecule has 0 saturated carbocycles. The summed E-state index contributed by atoms with van der Waals surface area (Å²) < 4.78 is 10.9. The maximum atomic E-state index is 11.7. The van der Waals surface area contributed by atoms with Gasteiger partial charge in [-0.15, -0.1) is 0 Å². The van der Waals surface area contributed by atoms with Gasteiger partial charge in [-0.3, -0.25) is 0 Å². The van der Waals surface area contributed by atoms with Gasteiger partial charge in [0.2, 0.25) is 0 Å². The van der Waals surface area contributed by atoms with Gasteiger partial charge in [-0.05, 0) is 39.2 Å². The average Bonchev–Trinajstić information content (AvgIpc) is 2.44. The molecule has 0 spiro atoms. The maximum Gasteiger partial charge on any atom is 0.408 e. The van der Waals surface area contributed by atoms with Crippen molar-refractivity contribution in [3.63, 3.8) is 0 Å². The molecule has 4 nitrogen and oxygen atoms in total. The molecule has 4 heteroatoms. The van der Waals surface area contributed by atoms with Crippen LogP contribution in [-0.4, -0.2) is 24.3 Å². The van der Waals surface area contributed by atoms with Crippen LogP contribution >= 0.6 is 0 Å². The smallest absolute Gasteiger partial charge is 0.408 e. The second-order valence-corrected chi connectivity index (χ2v) is 6.80. The van der Waals surface area contributed by atoms with Crippen LogP contribution in [0.4, 0.5) is 4.79 Å². The minimum atomic E-state index is -0.480. The molecule has 0 fully saturated rings. The lowest BCUT2D eigenvalue weighted by Crippen LogP contribution is -2.36. The van der Waals surface area contributed by atoms with Crippen LogP contribution in [0.15, 0.2) is 42.5 Å². The van der Waals surface area contributed by atoms with Crippen molar-refractivity contribution < 1.29 is 14.3 Å². The Bertz CT molecular complexity index is 491. The zero-order valence-electron chi connectivity index (χ0n) is 14.8. The van der Waals surface area contributed by atoms with Gasteiger partial charge >= 0.3 is 6.09 Å². The summed E-state index contributed by atoms with van der Waals surface area (Å²) in [5, 5.41) is 2.78. The maximum absolute atomic E-state index is 11.7. The third-order valence-corrected chi connectivity index (χ3v) is 2.97. The Hall–Kier alpha value is -1.81. The Balaban J connectivity index is 2.25. The second kappa shape index (κ2) is 9.36. The molecule has 0 unspecified atom stereocenters. The van der Waals surface area contributed by atoms with Crippen LogP contribution in [0.25, 0.3) is 0 Å². The van der Waals surface area contributed by atoms with E-state index in [-0.39, 0.29) is 12.0 Å². The molecule has 0 saturated heterocycles. The highest BCUT2D eigenvalue weighted by Gasteiger charge is 2.16. The van der Waals surface area contributed by atoms with Crippen LogP contribution < -0.4 is 5.32 Å². The van der Waals surface area contributed by atoms with E-state index in [2.05, 4.69) is 12.2 Å². The van der Waals surface area contributed by atoms with Crippen LogP contribution in [0, 0.1) is 5.92 Å². The second-order valence-electron chi connectivity index (χ2n) is 6.80. The molecule has 0 radical (unpaired) electrons. The molecule has 0 aliphatic heterocycles. The van der Waals surface area contributed by atoms with E-state index < -0.39 is 11.7 Å². The van der Waals surface area contributed by atoms with E-state index in [1.54, 1.807) is 0 Å². The third kappa shape index (κ3) is 9.74. The fourth-order valence-corrected chi connectivity index (χ4v) is 1.89. The predicted octanol–water partition coefficient (Wildman–Crippen LogP) is 4.31.